The van der Waals surface area contributed by atoms with Crippen LogP contribution in [0.5, 0.6) is 0 Å². The number of halogens is 2. The van der Waals surface area contributed by atoms with Crippen molar-refractivity contribution in [1.29, 1.82) is 0 Å². The van der Waals surface area contributed by atoms with Gasteiger partial charge in [-0.25, -0.2) is 4.39 Å². The third kappa shape index (κ3) is 7.08. The van der Waals surface area contributed by atoms with E-state index in [4.69, 9.17) is 11.6 Å². The number of aryl methyl sites for hydroxylation is 1. The van der Waals surface area contributed by atoms with Gasteiger partial charge in [0.2, 0.25) is 11.8 Å². The number of nitrogens with zero attached hydrogens (tertiary/aromatic N) is 1. The normalized spacial score (nSPS) is 11.6. The van der Waals surface area contributed by atoms with E-state index in [0.29, 0.717) is 23.6 Å². The Kier molecular flexibility index (Phi) is 9.54. The van der Waals surface area contributed by atoms with Crippen LogP contribution in [0.4, 0.5) is 4.39 Å². The number of hydrogen-bond donors (Lipinski definition) is 1. The number of rotatable bonds is 10. The molecule has 0 radical (unpaired) electrons. The summed E-state index contributed by atoms with van der Waals surface area (Å²) >= 11 is 7.41. The highest BCUT2D eigenvalue weighted by molar-refractivity contribution is 7.99. The van der Waals surface area contributed by atoms with Crippen molar-refractivity contribution in [2.75, 3.05) is 12.8 Å². The molecule has 0 unspecified atom stereocenters. The Labute approximate surface area is 209 Å². The molecule has 1 atom stereocenters. The Morgan fingerprint density at radius 3 is 2.41 bits per heavy atom. The van der Waals surface area contributed by atoms with E-state index in [1.54, 1.807) is 24.1 Å². The summed E-state index contributed by atoms with van der Waals surface area (Å²) in [6.07, 6.45) is 0.391. The molecular formula is C27H28ClFN2O2S. The van der Waals surface area contributed by atoms with Gasteiger partial charge in [0.25, 0.3) is 0 Å². The van der Waals surface area contributed by atoms with Gasteiger partial charge in [0, 0.05) is 36.4 Å². The van der Waals surface area contributed by atoms with E-state index in [0.717, 1.165) is 16.7 Å². The second-order valence-corrected chi connectivity index (χ2v) is 9.42. The van der Waals surface area contributed by atoms with Crippen LogP contribution in [0.25, 0.3) is 0 Å². The van der Waals surface area contributed by atoms with Crippen molar-refractivity contribution >= 4 is 35.2 Å². The zero-order chi connectivity index (χ0) is 24.5. The molecule has 3 aromatic carbocycles. The minimum Gasteiger partial charge on any atom is -0.357 e. The number of benzene rings is 3. The predicted octanol–water partition coefficient (Wildman–Crippen LogP) is 5.41. The molecule has 0 aliphatic carbocycles. The summed E-state index contributed by atoms with van der Waals surface area (Å²) in [7, 11) is 1.57. The van der Waals surface area contributed by atoms with Gasteiger partial charge in [-0.1, -0.05) is 77.8 Å². The van der Waals surface area contributed by atoms with Gasteiger partial charge in [-0.2, -0.15) is 0 Å². The largest absolute Gasteiger partial charge is 0.357 e. The average molecular weight is 499 g/mol. The Bertz CT molecular complexity index is 1110. The zero-order valence-electron chi connectivity index (χ0n) is 19.3. The van der Waals surface area contributed by atoms with Gasteiger partial charge >= 0.3 is 0 Å². The Balaban J connectivity index is 1.83. The Morgan fingerprint density at radius 1 is 1.03 bits per heavy atom. The van der Waals surface area contributed by atoms with Crippen LogP contribution in [0, 0.1) is 12.7 Å². The second kappa shape index (κ2) is 12.6. The molecule has 0 aromatic heterocycles. The molecule has 0 aliphatic heterocycles. The summed E-state index contributed by atoms with van der Waals surface area (Å²) in [5.74, 6) is -0.454. The first-order valence-electron chi connectivity index (χ1n) is 11.0. The van der Waals surface area contributed by atoms with Gasteiger partial charge in [0.1, 0.15) is 11.9 Å². The summed E-state index contributed by atoms with van der Waals surface area (Å²) in [6.45, 7) is 2.29. The van der Waals surface area contributed by atoms with Gasteiger partial charge < -0.3 is 10.2 Å². The van der Waals surface area contributed by atoms with Crippen LogP contribution >= 0.6 is 23.4 Å². The zero-order valence-corrected chi connectivity index (χ0v) is 20.8. The van der Waals surface area contributed by atoms with E-state index in [2.05, 4.69) is 5.32 Å². The molecule has 0 saturated carbocycles. The number of likely N-dealkylation sites (N-methyl/N-ethyl adjacent to an activating group) is 1. The van der Waals surface area contributed by atoms with Crippen LogP contribution < -0.4 is 5.32 Å². The summed E-state index contributed by atoms with van der Waals surface area (Å²) in [6, 6.07) is 21.4. The Morgan fingerprint density at radius 2 is 1.74 bits per heavy atom. The highest BCUT2D eigenvalue weighted by Crippen LogP contribution is 2.25. The molecule has 34 heavy (non-hydrogen) atoms. The molecule has 2 amide bonds. The molecule has 178 valence electrons. The van der Waals surface area contributed by atoms with Crippen LogP contribution in [0.1, 0.15) is 22.3 Å². The van der Waals surface area contributed by atoms with Gasteiger partial charge in [0.15, 0.2) is 0 Å². The molecule has 0 heterocycles. The quantitative estimate of drug-likeness (QED) is 0.407. The first-order valence-corrected chi connectivity index (χ1v) is 12.5. The summed E-state index contributed by atoms with van der Waals surface area (Å²) in [5.41, 5.74) is 3.36. The molecule has 0 aliphatic rings. The molecule has 0 bridgehead atoms. The van der Waals surface area contributed by atoms with Crippen molar-refractivity contribution in [3.8, 4) is 0 Å². The first kappa shape index (κ1) is 25.8. The molecular weight excluding hydrogens is 471 g/mol. The van der Waals surface area contributed by atoms with Crippen molar-refractivity contribution in [2.24, 2.45) is 0 Å². The third-order valence-corrected chi connectivity index (χ3v) is 6.78. The summed E-state index contributed by atoms with van der Waals surface area (Å²) < 4.78 is 14.1. The molecule has 4 nitrogen and oxygen atoms in total. The fraction of sp³-hybridized carbons (Fsp3) is 0.259. The van der Waals surface area contributed by atoms with Crippen molar-refractivity contribution in [1.82, 2.24) is 10.2 Å². The van der Waals surface area contributed by atoms with Crippen LogP contribution in [-0.2, 0) is 28.3 Å². The average Bonchev–Trinajstić information content (AvgIpc) is 2.83. The van der Waals surface area contributed by atoms with Crippen LogP contribution in [0.15, 0.2) is 72.8 Å². The summed E-state index contributed by atoms with van der Waals surface area (Å²) in [4.78, 5) is 28.0. The number of thioether (sulfide) groups is 1. The summed E-state index contributed by atoms with van der Waals surface area (Å²) in [5, 5.41) is 3.04. The van der Waals surface area contributed by atoms with Gasteiger partial charge in [-0.15, -0.1) is 11.8 Å². The highest BCUT2D eigenvalue weighted by atomic mass is 35.5. The van der Waals surface area contributed by atoms with E-state index >= 15 is 0 Å². The standard InChI is InChI=1S/C27H28ClFN2O2S/c1-19-8-6-11-21(14-19)16-31(25(27(33)30-2)15-20-9-4-3-5-10-20)26(32)18-34-17-22-23(28)12-7-13-24(22)29/h3-14,25H,15-18H2,1-2H3,(H,30,33)/t25-/m0/s1. The topological polar surface area (TPSA) is 49.4 Å². The fourth-order valence-electron chi connectivity index (χ4n) is 3.72. The van der Waals surface area contributed by atoms with Gasteiger partial charge in [0.05, 0.1) is 5.75 Å². The van der Waals surface area contributed by atoms with Gasteiger partial charge in [-0.05, 0) is 30.2 Å². The number of carbonyl (C=O) groups is 2. The number of carbonyl (C=O) groups excluding carboxylic acids is 2. The minimum atomic E-state index is -0.682. The maximum absolute atomic E-state index is 14.1. The van der Waals surface area contributed by atoms with E-state index in [9.17, 15) is 14.0 Å². The van der Waals surface area contributed by atoms with Crippen molar-refractivity contribution < 1.29 is 14.0 Å². The number of nitrogens with one attached hydrogen (secondary N) is 1. The van der Waals surface area contributed by atoms with E-state index < -0.39 is 11.9 Å². The third-order valence-electron chi connectivity index (χ3n) is 5.49. The maximum Gasteiger partial charge on any atom is 0.242 e. The Hall–Kier alpha value is -2.83. The van der Waals surface area contributed by atoms with Crippen LogP contribution in [0.2, 0.25) is 5.02 Å². The lowest BCUT2D eigenvalue weighted by Crippen LogP contribution is -2.50. The minimum absolute atomic E-state index is 0.0960. The fourth-order valence-corrected chi connectivity index (χ4v) is 4.97. The lowest BCUT2D eigenvalue weighted by atomic mass is 10.0. The van der Waals surface area contributed by atoms with Crippen LogP contribution in [-0.4, -0.2) is 35.6 Å². The molecule has 0 spiro atoms. The van der Waals surface area contributed by atoms with Crippen molar-refractivity contribution in [3.63, 3.8) is 0 Å². The first-order chi connectivity index (χ1) is 16.4. The second-order valence-electron chi connectivity index (χ2n) is 8.02. The molecule has 3 aromatic rings. The molecule has 7 heteroatoms. The SMILES string of the molecule is CNC(=O)[C@H](Cc1ccccc1)N(Cc1cccc(C)c1)C(=O)CSCc1c(F)cccc1Cl. The molecule has 0 saturated heterocycles. The van der Waals surface area contributed by atoms with Crippen molar-refractivity contribution in [3.05, 3.63) is 106 Å². The molecule has 3 rings (SSSR count). The lowest BCUT2D eigenvalue weighted by Gasteiger charge is -2.31. The maximum atomic E-state index is 14.1. The smallest absolute Gasteiger partial charge is 0.242 e. The van der Waals surface area contributed by atoms with E-state index in [-0.39, 0.29) is 23.3 Å². The lowest BCUT2D eigenvalue weighted by molar-refractivity contribution is -0.139. The van der Waals surface area contributed by atoms with Crippen LogP contribution in [0.3, 0.4) is 0 Å². The monoisotopic (exact) mass is 498 g/mol. The van der Waals surface area contributed by atoms with E-state index in [1.807, 2.05) is 61.5 Å². The number of amides is 2. The molecule has 1 N–H and O–H groups in total. The van der Waals surface area contributed by atoms with Gasteiger partial charge in [-0.3, -0.25) is 9.59 Å². The molecule has 0 fully saturated rings. The number of hydrogen-bond acceptors (Lipinski definition) is 3. The van der Waals surface area contributed by atoms with Crippen molar-refractivity contribution in [2.45, 2.75) is 31.7 Å². The highest BCUT2D eigenvalue weighted by Gasteiger charge is 2.29. The predicted molar refractivity (Wildman–Crippen MR) is 137 cm³/mol. The van der Waals surface area contributed by atoms with E-state index in [1.165, 1.54) is 17.8 Å².